The molecule has 1 amide bonds. The van der Waals surface area contributed by atoms with Crippen LogP contribution >= 0.6 is 11.6 Å². The van der Waals surface area contributed by atoms with Crippen molar-refractivity contribution < 1.29 is 4.79 Å². The van der Waals surface area contributed by atoms with Gasteiger partial charge in [0.1, 0.15) is 5.82 Å². The average molecular weight is 396 g/mol. The smallest absolute Gasteiger partial charge is 0.251 e. The van der Waals surface area contributed by atoms with Crippen molar-refractivity contribution >= 4 is 28.5 Å². The summed E-state index contributed by atoms with van der Waals surface area (Å²) in [5.41, 5.74) is 2.70. The number of amides is 1. The zero-order valence-electron chi connectivity index (χ0n) is 16.0. The van der Waals surface area contributed by atoms with Crippen LogP contribution in [0, 0.1) is 5.92 Å². The number of halogens is 1. The van der Waals surface area contributed by atoms with Gasteiger partial charge in [0.25, 0.3) is 5.91 Å². The lowest BCUT2D eigenvalue weighted by Crippen LogP contribution is -2.25. The molecule has 0 radical (unpaired) electrons. The Kier molecular flexibility index (Phi) is 5.96. The molecule has 0 saturated heterocycles. The molecule has 4 rings (SSSR count). The molecule has 146 valence electrons. The molecule has 4 nitrogen and oxygen atoms in total. The van der Waals surface area contributed by atoms with Crippen molar-refractivity contribution in [3.05, 3.63) is 64.9 Å². The number of aromatic nitrogens is 2. The molecule has 0 unspecified atom stereocenters. The number of carbonyl (C=O) groups is 1. The molecule has 1 aromatic heterocycles. The van der Waals surface area contributed by atoms with Gasteiger partial charge < -0.3 is 9.88 Å². The van der Waals surface area contributed by atoms with E-state index >= 15 is 0 Å². The molecule has 1 aliphatic rings. The van der Waals surface area contributed by atoms with Crippen molar-refractivity contribution in [2.75, 3.05) is 0 Å². The molecule has 0 atom stereocenters. The van der Waals surface area contributed by atoms with Crippen molar-refractivity contribution in [1.29, 1.82) is 0 Å². The Hall–Kier alpha value is -2.33. The zero-order valence-corrected chi connectivity index (χ0v) is 16.8. The predicted molar refractivity (Wildman–Crippen MR) is 114 cm³/mol. The number of nitrogens with zero attached hydrogens (tertiary/aromatic N) is 2. The van der Waals surface area contributed by atoms with Crippen molar-refractivity contribution in [2.24, 2.45) is 5.92 Å². The van der Waals surface area contributed by atoms with E-state index in [0.717, 1.165) is 29.3 Å². The minimum atomic E-state index is -0.131. The minimum Gasteiger partial charge on any atom is -0.345 e. The number of aryl methyl sites for hydroxylation is 1. The summed E-state index contributed by atoms with van der Waals surface area (Å²) in [5, 5.41) is 3.56. The number of benzene rings is 2. The van der Waals surface area contributed by atoms with Crippen LogP contribution in [0.3, 0.4) is 0 Å². The monoisotopic (exact) mass is 395 g/mol. The third kappa shape index (κ3) is 4.39. The van der Waals surface area contributed by atoms with E-state index in [4.69, 9.17) is 16.6 Å². The van der Waals surface area contributed by atoms with Crippen LogP contribution in [0.5, 0.6) is 0 Å². The third-order valence-electron chi connectivity index (χ3n) is 5.71. The van der Waals surface area contributed by atoms with Gasteiger partial charge in [-0.3, -0.25) is 4.79 Å². The van der Waals surface area contributed by atoms with Crippen molar-refractivity contribution in [2.45, 2.75) is 51.6 Å². The standard InChI is InChI=1S/C23H26ClN3O/c24-19-10-6-9-18(15-19)23(28)25-16-22-26-20-11-4-5-12-21(20)27(22)14-13-17-7-2-1-3-8-17/h4-6,9-12,15,17H,1-3,7-8,13-14,16H2,(H,25,28). The van der Waals surface area contributed by atoms with Gasteiger partial charge in [0.15, 0.2) is 0 Å². The van der Waals surface area contributed by atoms with Gasteiger partial charge in [-0.2, -0.15) is 0 Å². The molecule has 1 saturated carbocycles. The highest BCUT2D eigenvalue weighted by molar-refractivity contribution is 6.30. The summed E-state index contributed by atoms with van der Waals surface area (Å²) in [6.45, 7) is 1.36. The van der Waals surface area contributed by atoms with Gasteiger partial charge in [-0.15, -0.1) is 0 Å². The third-order valence-corrected chi connectivity index (χ3v) is 5.95. The highest BCUT2D eigenvalue weighted by Gasteiger charge is 2.16. The van der Waals surface area contributed by atoms with Crippen molar-refractivity contribution in [3.63, 3.8) is 0 Å². The summed E-state index contributed by atoms with van der Waals surface area (Å²) < 4.78 is 2.28. The maximum atomic E-state index is 12.5. The molecule has 1 fully saturated rings. The van der Waals surface area contributed by atoms with Crippen LogP contribution in [0.1, 0.15) is 54.7 Å². The molecular formula is C23H26ClN3O. The predicted octanol–water partition coefficient (Wildman–Crippen LogP) is 5.59. The summed E-state index contributed by atoms with van der Waals surface area (Å²) in [4.78, 5) is 17.3. The molecule has 0 bridgehead atoms. The number of hydrogen-bond donors (Lipinski definition) is 1. The Labute approximate surface area is 170 Å². The topological polar surface area (TPSA) is 46.9 Å². The second-order valence-corrected chi connectivity index (χ2v) is 8.09. The largest absolute Gasteiger partial charge is 0.345 e. The highest BCUT2D eigenvalue weighted by atomic mass is 35.5. The second kappa shape index (κ2) is 8.78. The van der Waals surface area contributed by atoms with E-state index in [1.807, 2.05) is 12.1 Å². The number of carbonyl (C=O) groups excluding carboxylic acids is 1. The van der Waals surface area contributed by atoms with E-state index in [0.29, 0.717) is 17.1 Å². The van der Waals surface area contributed by atoms with Gasteiger partial charge in [-0.1, -0.05) is 61.9 Å². The number of para-hydroxylation sites is 2. The van der Waals surface area contributed by atoms with Crippen LogP contribution < -0.4 is 5.32 Å². The molecule has 3 aromatic rings. The molecule has 1 N–H and O–H groups in total. The summed E-state index contributed by atoms with van der Waals surface area (Å²) >= 11 is 6.00. The Balaban J connectivity index is 1.50. The first-order valence-electron chi connectivity index (χ1n) is 10.2. The van der Waals surface area contributed by atoms with Crippen molar-refractivity contribution in [1.82, 2.24) is 14.9 Å². The minimum absolute atomic E-state index is 0.131. The van der Waals surface area contributed by atoms with Crippen LogP contribution in [0.15, 0.2) is 48.5 Å². The number of rotatable bonds is 6. The molecule has 0 spiro atoms. The van der Waals surface area contributed by atoms with Crippen LogP contribution in [-0.2, 0) is 13.1 Å². The molecule has 5 heteroatoms. The molecule has 2 aromatic carbocycles. The normalized spacial score (nSPS) is 15.0. The number of hydrogen-bond acceptors (Lipinski definition) is 2. The fourth-order valence-electron chi connectivity index (χ4n) is 4.19. The Morgan fingerprint density at radius 2 is 1.93 bits per heavy atom. The van der Waals surface area contributed by atoms with E-state index in [9.17, 15) is 4.79 Å². The summed E-state index contributed by atoms with van der Waals surface area (Å²) in [6, 6.07) is 15.2. The van der Waals surface area contributed by atoms with Crippen LogP contribution in [0.4, 0.5) is 0 Å². The summed E-state index contributed by atoms with van der Waals surface area (Å²) in [7, 11) is 0. The van der Waals surface area contributed by atoms with Gasteiger partial charge in [0.05, 0.1) is 17.6 Å². The first-order valence-corrected chi connectivity index (χ1v) is 10.6. The van der Waals surface area contributed by atoms with E-state index in [1.54, 1.807) is 24.3 Å². The van der Waals surface area contributed by atoms with Crippen LogP contribution in [-0.4, -0.2) is 15.5 Å². The number of fused-ring (bicyclic) bond motifs is 1. The Morgan fingerprint density at radius 3 is 2.75 bits per heavy atom. The van der Waals surface area contributed by atoms with E-state index < -0.39 is 0 Å². The quantitative estimate of drug-likeness (QED) is 0.591. The molecular weight excluding hydrogens is 370 g/mol. The van der Waals surface area contributed by atoms with Gasteiger partial charge in [-0.05, 0) is 42.7 Å². The van der Waals surface area contributed by atoms with E-state index in [1.165, 1.54) is 38.5 Å². The Morgan fingerprint density at radius 1 is 1.11 bits per heavy atom. The first kappa shape index (κ1) is 19.0. The van der Waals surface area contributed by atoms with Gasteiger partial charge in [0, 0.05) is 17.1 Å². The molecule has 28 heavy (non-hydrogen) atoms. The Bertz CT molecular complexity index is 959. The van der Waals surface area contributed by atoms with Gasteiger partial charge in [-0.25, -0.2) is 4.98 Å². The summed E-state index contributed by atoms with van der Waals surface area (Å²) in [5.74, 6) is 1.59. The SMILES string of the molecule is O=C(NCc1nc2ccccc2n1CCC1CCCCC1)c1cccc(Cl)c1. The lowest BCUT2D eigenvalue weighted by Gasteiger charge is -2.22. The van der Waals surface area contributed by atoms with Crippen LogP contribution in [0.25, 0.3) is 11.0 Å². The molecule has 1 aliphatic carbocycles. The molecule has 0 aliphatic heterocycles. The first-order chi connectivity index (χ1) is 13.7. The van der Waals surface area contributed by atoms with Crippen molar-refractivity contribution in [3.8, 4) is 0 Å². The van der Waals surface area contributed by atoms with E-state index in [-0.39, 0.29) is 5.91 Å². The fraction of sp³-hybridized carbons (Fsp3) is 0.391. The lowest BCUT2D eigenvalue weighted by molar-refractivity contribution is 0.0949. The summed E-state index contributed by atoms with van der Waals surface area (Å²) in [6.07, 6.45) is 7.96. The average Bonchev–Trinajstić information content (AvgIpc) is 3.08. The van der Waals surface area contributed by atoms with Gasteiger partial charge >= 0.3 is 0 Å². The highest BCUT2D eigenvalue weighted by Crippen LogP contribution is 2.28. The van der Waals surface area contributed by atoms with E-state index in [2.05, 4.69) is 22.0 Å². The van der Waals surface area contributed by atoms with Crippen LogP contribution in [0.2, 0.25) is 5.02 Å². The number of imidazole rings is 1. The molecule has 1 heterocycles. The maximum Gasteiger partial charge on any atom is 0.251 e. The fourth-order valence-corrected chi connectivity index (χ4v) is 4.38. The zero-order chi connectivity index (χ0) is 19.3. The van der Waals surface area contributed by atoms with Gasteiger partial charge in [0.2, 0.25) is 0 Å². The lowest BCUT2D eigenvalue weighted by atomic mass is 9.87. The second-order valence-electron chi connectivity index (χ2n) is 7.65. The maximum absolute atomic E-state index is 12.5. The number of nitrogens with one attached hydrogen (secondary N) is 1.